The van der Waals surface area contributed by atoms with Crippen molar-refractivity contribution in [3.8, 4) is 5.75 Å². The van der Waals surface area contributed by atoms with Gasteiger partial charge in [-0.1, -0.05) is 32.0 Å². The summed E-state index contributed by atoms with van der Waals surface area (Å²) in [6.45, 7) is 7.67. The second-order valence-corrected chi connectivity index (χ2v) is 5.21. The molecule has 1 heterocycles. The molecule has 1 aromatic rings. The molecule has 0 radical (unpaired) electrons. The maximum atomic E-state index is 11.4. The summed E-state index contributed by atoms with van der Waals surface area (Å²) < 4.78 is 5.82. The average Bonchev–Trinajstić information content (AvgIpc) is 2.83. The first-order chi connectivity index (χ1) is 9.66. The number of benzene rings is 1. The molecule has 1 saturated heterocycles. The normalized spacial score (nSPS) is 14.8. The van der Waals surface area contributed by atoms with Gasteiger partial charge < -0.3 is 20.3 Å². The Bertz CT molecular complexity index is 448. The number of rotatable bonds is 7. The van der Waals surface area contributed by atoms with Crippen molar-refractivity contribution in [2.24, 2.45) is 0 Å². The van der Waals surface area contributed by atoms with E-state index in [2.05, 4.69) is 30.5 Å². The lowest BCUT2D eigenvalue weighted by atomic mass is 10.2. The van der Waals surface area contributed by atoms with Crippen LogP contribution in [0, 0.1) is 0 Å². The largest absolute Gasteiger partial charge is 0.491 e. The van der Waals surface area contributed by atoms with Gasteiger partial charge in [-0.3, -0.25) is 0 Å². The average molecular weight is 277 g/mol. The third-order valence-corrected chi connectivity index (χ3v) is 3.24. The van der Waals surface area contributed by atoms with Gasteiger partial charge in [0.05, 0.1) is 6.54 Å². The van der Waals surface area contributed by atoms with E-state index in [0.717, 1.165) is 30.9 Å². The van der Waals surface area contributed by atoms with Crippen molar-refractivity contribution in [2.45, 2.75) is 26.4 Å². The molecule has 110 valence electrons. The molecule has 1 aromatic carbocycles. The first kappa shape index (κ1) is 14.7. The van der Waals surface area contributed by atoms with Gasteiger partial charge in [-0.2, -0.15) is 0 Å². The lowest BCUT2D eigenvalue weighted by Crippen LogP contribution is -2.32. The minimum absolute atomic E-state index is 0.00311. The van der Waals surface area contributed by atoms with Crippen LogP contribution in [0.2, 0.25) is 0 Å². The van der Waals surface area contributed by atoms with E-state index in [1.165, 1.54) is 0 Å². The van der Waals surface area contributed by atoms with Crippen LogP contribution in [0.25, 0.3) is 0 Å². The van der Waals surface area contributed by atoms with Crippen LogP contribution >= 0.6 is 0 Å². The molecule has 0 unspecified atom stereocenters. The SMILES string of the molecule is CC(C)NCc1ccccc1OCCN1CCNC1=O. The van der Waals surface area contributed by atoms with Crippen molar-refractivity contribution in [1.82, 2.24) is 15.5 Å². The fraction of sp³-hybridized carbons (Fsp3) is 0.533. The number of nitrogens with one attached hydrogen (secondary N) is 2. The second kappa shape index (κ2) is 7.14. The Balaban J connectivity index is 1.84. The fourth-order valence-electron chi connectivity index (χ4n) is 2.10. The zero-order valence-electron chi connectivity index (χ0n) is 12.2. The second-order valence-electron chi connectivity index (χ2n) is 5.21. The van der Waals surface area contributed by atoms with Gasteiger partial charge in [-0.15, -0.1) is 0 Å². The van der Waals surface area contributed by atoms with E-state index in [1.807, 2.05) is 18.2 Å². The van der Waals surface area contributed by atoms with Gasteiger partial charge in [0.2, 0.25) is 0 Å². The molecule has 2 rings (SSSR count). The molecule has 0 aliphatic carbocycles. The molecule has 1 aliphatic heterocycles. The van der Waals surface area contributed by atoms with Crippen molar-refractivity contribution < 1.29 is 9.53 Å². The predicted octanol–water partition coefficient (Wildman–Crippen LogP) is 1.59. The number of amides is 2. The van der Waals surface area contributed by atoms with Crippen molar-refractivity contribution in [3.63, 3.8) is 0 Å². The Morgan fingerprint density at radius 1 is 1.40 bits per heavy atom. The molecule has 0 atom stereocenters. The fourth-order valence-corrected chi connectivity index (χ4v) is 2.10. The maximum absolute atomic E-state index is 11.4. The van der Waals surface area contributed by atoms with Gasteiger partial charge in [0, 0.05) is 31.2 Å². The molecule has 2 amide bonds. The van der Waals surface area contributed by atoms with E-state index < -0.39 is 0 Å². The van der Waals surface area contributed by atoms with Crippen LogP contribution in [-0.2, 0) is 6.54 Å². The minimum Gasteiger partial charge on any atom is -0.491 e. The smallest absolute Gasteiger partial charge is 0.317 e. The van der Waals surface area contributed by atoms with Crippen LogP contribution in [0.5, 0.6) is 5.75 Å². The van der Waals surface area contributed by atoms with E-state index in [0.29, 0.717) is 19.2 Å². The molecule has 1 aliphatic rings. The summed E-state index contributed by atoms with van der Waals surface area (Å²) >= 11 is 0. The Hall–Kier alpha value is -1.75. The molecular weight excluding hydrogens is 254 g/mol. The van der Waals surface area contributed by atoms with Gasteiger partial charge in [-0.25, -0.2) is 4.79 Å². The maximum Gasteiger partial charge on any atom is 0.317 e. The predicted molar refractivity (Wildman–Crippen MR) is 78.9 cm³/mol. The highest BCUT2D eigenvalue weighted by Gasteiger charge is 2.18. The van der Waals surface area contributed by atoms with Gasteiger partial charge >= 0.3 is 6.03 Å². The summed E-state index contributed by atoms with van der Waals surface area (Å²) in [7, 11) is 0. The van der Waals surface area contributed by atoms with Crippen LogP contribution in [-0.4, -0.2) is 43.2 Å². The zero-order chi connectivity index (χ0) is 14.4. The standard InChI is InChI=1S/C15H23N3O2/c1-12(2)17-11-13-5-3-4-6-14(13)20-10-9-18-8-7-16-15(18)19/h3-6,12,17H,7-11H2,1-2H3,(H,16,19). The highest BCUT2D eigenvalue weighted by Crippen LogP contribution is 2.17. The van der Waals surface area contributed by atoms with Crippen LogP contribution in [0.15, 0.2) is 24.3 Å². The van der Waals surface area contributed by atoms with Crippen molar-refractivity contribution >= 4 is 6.03 Å². The van der Waals surface area contributed by atoms with Crippen LogP contribution < -0.4 is 15.4 Å². The number of para-hydroxylation sites is 1. The lowest BCUT2D eigenvalue weighted by Gasteiger charge is -2.17. The Labute approximate surface area is 120 Å². The third-order valence-electron chi connectivity index (χ3n) is 3.24. The van der Waals surface area contributed by atoms with Crippen molar-refractivity contribution in [2.75, 3.05) is 26.2 Å². The van der Waals surface area contributed by atoms with Crippen LogP contribution in [0.3, 0.4) is 0 Å². The first-order valence-electron chi connectivity index (χ1n) is 7.13. The minimum atomic E-state index is 0.00311. The summed E-state index contributed by atoms with van der Waals surface area (Å²) in [6, 6.07) is 8.46. The first-order valence-corrected chi connectivity index (χ1v) is 7.13. The molecule has 0 bridgehead atoms. The monoisotopic (exact) mass is 277 g/mol. The Morgan fingerprint density at radius 2 is 2.20 bits per heavy atom. The van der Waals surface area contributed by atoms with Gasteiger partial charge in [-0.05, 0) is 6.07 Å². The quantitative estimate of drug-likeness (QED) is 0.796. The zero-order valence-corrected chi connectivity index (χ0v) is 12.2. The molecule has 0 spiro atoms. The topological polar surface area (TPSA) is 53.6 Å². The number of urea groups is 1. The highest BCUT2D eigenvalue weighted by atomic mass is 16.5. The summed E-state index contributed by atoms with van der Waals surface area (Å²) in [4.78, 5) is 13.2. The van der Waals surface area contributed by atoms with Gasteiger partial charge in [0.1, 0.15) is 12.4 Å². The Morgan fingerprint density at radius 3 is 2.90 bits per heavy atom. The molecular formula is C15H23N3O2. The molecule has 2 N–H and O–H groups in total. The van der Waals surface area contributed by atoms with Crippen LogP contribution in [0.1, 0.15) is 19.4 Å². The van der Waals surface area contributed by atoms with E-state index in [1.54, 1.807) is 4.90 Å². The summed E-state index contributed by atoms with van der Waals surface area (Å²) in [5, 5.41) is 6.17. The van der Waals surface area contributed by atoms with E-state index >= 15 is 0 Å². The summed E-state index contributed by atoms with van der Waals surface area (Å²) in [5.74, 6) is 0.889. The molecule has 20 heavy (non-hydrogen) atoms. The summed E-state index contributed by atoms with van der Waals surface area (Å²) in [5.41, 5.74) is 1.15. The number of nitrogens with zero attached hydrogens (tertiary/aromatic N) is 1. The lowest BCUT2D eigenvalue weighted by molar-refractivity contribution is 0.202. The van der Waals surface area contributed by atoms with E-state index in [4.69, 9.17) is 4.74 Å². The number of ether oxygens (including phenoxy) is 1. The molecule has 0 aromatic heterocycles. The highest BCUT2D eigenvalue weighted by molar-refractivity contribution is 5.76. The molecule has 1 fully saturated rings. The Kier molecular flexibility index (Phi) is 5.24. The van der Waals surface area contributed by atoms with E-state index in [9.17, 15) is 4.79 Å². The summed E-state index contributed by atoms with van der Waals surface area (Å²) in [6.07, 6.45) is 0. The number of hydrogen-bond acceptors (Lipinski definition) is 3. The molecule has 5 heteroatoms. The third kappa shape index (κ3) is 4.13. The van der Waals surface area contributed by atoms with E-state index in [-0.39, 0.29) is 6.03 Å². The van der Waals surface area contributed by atoms with Gasteiger partial charge in [0.15, 0.2) is 0 Å². The van der Waals surface area contributed by atoms with Gasteiger partial charge in [0.25, 0.3) is 0 Å². The van der Waals surface area contributed by atoms with Crippen molar-refractivity contribution in [1.29, 1.82) is 0 Å². The molecule has 0 saturated carbocycles. The van der Waals surface area contributed by atoms with Crippen LogP contribution in [0.4, 0.5) is 4.79 Å². The van der Waals surface area contributed by atoms with Crippen molar-refractivity contribution in [3.05, 3.63) is 29.8 Å². The number of carbonyl (C=O) groups excluding carboxylic acids is 1. The number of carbonyl (C=O) groups is 1. The molecule has 5 nitrogen and oxygen atoms in total. The number of hydrogen-bond donors (Lipinski definition) is 2.